The standard InChI is InChI=1S/C10H8N2O3/c1-14-10(13)9-6-8(12-15-9)7-2-4-11-5-3-7/h2-6H,1H3. The monoisotopic (exact) mass is 204 g/mol. The van der Waals surface area contributed by atoms with Crippen LogP contribution < -0.4 is 0 Å². The molecule has 2 aromatic heterocycles. The van der Waals surface area contributed by atoms with Crippen molar-refractivity contribution in [3.63, 3.8) is 0 Å². The molecule has 0 unspecified atom stereocenters. The normalized spacial score (nSPS) is 9.93. The van der Waals surface area contributed by atoms with Gasteiger partial charge in [0, 0.05) is 24.0 Å². The average molecular weight is 204 g/mol. The van der Waals surface area contributed by atoms with Crippen molar-refractivity contribution in [1.82, 2.24) is 10.1 Å². The van der Waals surface area contributed by atoms with E-state index in [1.54, 1.807) is 24.5 Å². The van der Waals surface area contributed by atoms with Crippen LogP contribution in [-0.2, 0) is 4.74 Å². The number of pyridine rings is 1. The summed E-state index contributed by atoms with van der Waals surface area (Å²) < 4.78 is 9.33. The number of hydrogen-bond donors (Lipinski definition) is 0. The molecule has 5 heteroatoms. The lowest BCUT2D eigenvalue weighted by atomic mass is 10.2. The molecule has 0 aliphatic carbocycles. The van der Waals surface area contributed by atoms with Crippen LogP contribution in [0.1, 0.15) is 10.6 Å². The van der Waals surface area contributed by atoms with Crippen molar-refractivity contribution in [1.29, 1.82) is 0 Å². The molecule has 15 heavy (non-hydrogen) atoms. The van der Waals surface area contributed by atoms with Crippen molar-refractivity contribution in [3.8, 4) is 11.3 Å². The largest absolute Gasteiger partial charge is 0.463 e. The van der Waals surface area contributed by atoms with Crippen molar-refractivity contribution in [2.24, 2.45) is 0 Å². The number of esters is 1. The molecular formula is C10H8N2O3. The maximum Gasteiger partial charge on any atom is 0.376 e. The summed E-state index contributed by atoms with van der Waals surface area (Å²) in [7, 11) is 1.29. The van der Waals surface area contributed by atoms with Crippen LogP contribution in [0.3, 0.4) is 0 Å². The summed E-state index contributed by atoms with van der Waals surface area (Å²) >= 11 is 0. The number of aromatic nitrogens is 2. The van der Waals surface area contributed by atoms with E-state index in [0.717, 1.165) is 5.56 Å². The zero-order chi connectivity index (χ0) is 10.7. The highest BCUT2D eigenvalue weighted by Gasteiger charge is 2.13. The van der Waals surface area contributed by atoms with Gasteiger partial charge >= 0.3 is 5.97 Å². The number of carbonyl (C=O) groups excluding carboxylic acids is 1. The summed E-state index contributed by atoms with van der Waals surface area (Å²) in [4.78, 5) is 15.0. The van der Waals surface area contributed by atoms with E-state index < -0.39 is 5.97 Å². The van der Waals surface area contributed by atoms with E-state index in [2.05, 4.69) is 14.9 Å². The smallest absolute Gasteiger partial charge is 0.376 e. The summed E-state index contributed by atoms with van der Waals surface area (Å²) in [6, 6.07) is 5.08. The molecule has 0 saturated carbocycles. The number of carbonyl (C=O) groups is 1. The van der Waals surface area contributed by atoms with Crippen molar-refractivity contribution in [3.05, 3.63) is 36.4 Å². The van der Waals surface area contributed by atoms with Crippen LogP contribution in [0.15, 0.2) is 35.1 Å². The Morgan fingerprint density at radius 1 is 1.40 bits per heavy atom. The Labute approximate surface area is 85.7 Å². The van der Waals surface area contributed by atoms with Crippen LogP contribution in [0.25, 0.3) is 11.3 Å². The first kappa shape index (κ1) is 9.39. The summed E-state index contributed by atoms with van der Waals surface area (Å²) in [5, 5.41) is 3.75. The van der Waals surface area contributed by atoms with Gasteiger partial charge < -0.3 is 9.26 Å². The van der Waals surface area contributed by atoms with E-state index in [4.69, 9.17) is 4.52 Å². The first-order valence-corrected chi connectivity index (χ1v) is 4.26. The summed E-state index contributed by atoms with van der Waals surface area (Å²) in [5.41, 5.74) is 1.42. The maximum absolute atomic E-state index is 11.1. The molecule has 2 rings (SSSR count). The fourth-order valence-electron chi connectivity index (χ4n) is 1.13. The molecule has 2 heterocycles. The van der Waals surface area contributed by atoms with Gasteiger partial charge in [-0.25, -0.2) is 4.79 Å². The SMILES string of the molecule is COC(=O)c1cc(-c2ccncc2)no1. The molecule has 0 amide bonds. The van der Waals surface area contributed by atoms with E-state index in [-0.39, 0.29) is 5.76 Å². The molecule has 0 saturated heterocycles. The van der Waals surface area contributed by atoms with Crippen molar-refractivity contribution in [2.45, 2.75) is 0 Å². The number of rotatable bonds is 2. The van der Waals surface area contributed by atoms with Gasteiger partial charge in [0.05, 0.1) is 7.11 Å². The molecule has 0 atom stereocenters. The molecule has 76 valence electrons. The second-order valence-electron chi connectivity index (χ2n) is 2.80. The van der Waals surface area contributed by atoms with E-state index >= 15 is 0 Å². The van der Waals surface area contributed by atoms with Crippen molar-refractivity contribution < 1.29 is 14.1 Å². The second-order valence-corrected chi connectivity index (χ2v) is 2.80. The van der Waals surface area contributed by atoms with Crippen LogP contribution in [0.2, 0.25) is 0 Å². The van der Waals surface area contributed by atoms with Gasteiger partial charge in [-0.2, -0.15) is 0 Å². The quantitative estimate of drug-likeness (QED) is 0.694. The highest BCUT2D eigenvalue weighted by molar-refractivity contribution is 5.87. The summed E-state index contributed by atoms with van der Waals surface area (Å²) in [5.74, 6) is -0.452. The zero-order valence-corrected chi connectivity index (χ0v) is 8.01. The molecule has 0 aliphatic rings. The maximum atomic E-state index is 11.1. The Balaban J connectivity index is 2.32. The van der Waals surface area contributed by atoms with Gasteiger partial charge in [-0.15, -0.1) is 0 Å². The molecule has 0 spiro atoms. The molecule has 2 aromatic rings. The molecular weight excluding hydrogens is 196 g/mol. The molecule has 5 nitrogen and oxygen atoms in total. The Morgan fingerprint density at radius 3 is 2.80 bits per heavy atom. The highest BCUT2D eigenvalue weighted by Crippen LogP contribution is 2.18. The van der Waals surface area contributed by atoms with Crippen LogP contribution in [0, 0.1) is 0 Å². The van der Waals surface area contributed by atoms with E-state index in [0.29, 0.717) is 5.69 Å². The Morgan fingerprint density at radius 2 is 2.13 bits per heavy atom. The molecule has 0 aliphatic heterocycles. The van der Waals surface area contributed by atoms with Crippen molar-refractivity contribution >= 4 is 5.97 Å². The van der Waals surface area contributed by atoms with Gasteiger partial charge in [-0.1, -0.05) is 5.16 Å². The van der Waals surface area contributed by atoms with Gasteiger partial charge in [-0.3, -0.25) is 4.98 Å². The van der Waals surface area contributed by atoms with Crippen molar-refractivity contribution in [2.75, 3.05) is 7.11 Å². The first-order chi connectivity index (χ1) is 7.31. The number of nitrogens with zero attached hydrogens (tertiary/aromatic N) is 2. The van der Waals surface area contributed by atoms with Crippen LogP contribution in [-0.4, -0.2) is 23.2 Å². The van der Waals surface area contributed by atoms with Crippen LogP contribution in [0.4, 0.5) is 0 Å². The molecule has 0 aromatic carbocycles. The first-order valence-electron chi connectivity index (χ1n) is 4.26. The lowest BCUT2D eigenvalue weighted by Gasteiger charge is -1.91. The Bertz CT molecular complexity index is 465. The predicted octanol–water partition coefficient (Wildman–Crippen LogP) is 1.52. The minimum Gasteiger partial charge on any atom is -0.463 e. The number of hydrogen-bond acceptors (Lipinski definition) is 5. The van der Waals surface area contributed by atoms with Gasteiger partial charge in [0.15, 0.2) is 0 Å². The van der Waals surface area contributed by atoms with Crippen LogP contribution in [0.5, 0.6) is 0 Å². The van der Waals surface area contributed by atoms with E-state index in [1.165, 1.54) is 13.2 Å². The topological polar surface area (TPSA) is 65.2 Å². The van der Waals surface area contributed by atoms with Gasteiger partial charge in [0.25, 0.3) is 0 Å². The highest BCUT2D eigenvalue weighted by atomic mass is 16.5. The summed E-state index contributed by atoms with van der Waals surface area (Å²) in [6.45, 7) is 0. The molecule has 0 bridgehead atoms. The number of methoxy groups -OCH3 is 1. The molecule has 0 N–H and O–H groups in total. The minimum atomic E-state index is -0.539. The zero-order valence-electron chi connectivity index (χ0n) is 8.01. The lowest BCUT2D eigenvalue weighted by molar-refractivity contribution is 0.0554. The van der Waals surface area contributed by atoms with Gasteiger partial charge in [0.1, 0.15) is 5.69 Å². The Hall–Kier alpha value is -2.17. The predicted molar refractivity (Wildman–Crippen MR) is 51.1 cm³/mol. The third kappa shape index (κ3) is 1.85. The third-order valence-corrected chi connectivity index (χ3v) is 1.87. The van der Waals surface area contributed by atoms with E-state index in [9.17, 15) is 4.79 Å². The lowest BCUT2D eigenvalue weighted by Crippen LogP contribution is -1.98. The fourth-order valence-corrected chi connectivity index (χ4v) is 1.13. The van der Waals surface area contributed by atoms with Gasteiger partial charge in [0.2, 0.25) is 5.76 Å². The molecule has 0 fully saturated rings. The summed E-state index contributed by atoms with van der Waals surface area (Å²) in [6.07, 6.45) is 3.28. The van der Waals surface area contributed by atoms with Crippen LogP contribution >= 0.6 is 0 Å². The Kier molecular flexibility index (Phi) is 2.45. The molecule has 0 radical (unpaired) electrons. The number of ether oxygens (including phenoxy) is 1. The van der Waals surface area contributed by atoms with Gasteiger partial charge in [-0.05, 0) is 12.1 Å². The average Bonchev–Trinajstić information content (AvgIpc) is 2.78. The van der Waals surface area contributed by atoms with E-state index in [1.807, 2.05) is 0 Å². The fraction of sp³-hybridized carbons (Fsp3) is 0.100. The third-order valence-electron chi connectivity index (χ3n) is 1.87. The second kappa shape index (κ2) is 3.91. The minimum absolute atomic E-state index is 0.0873.